The predicted octanol–water partition coefficient (Wildman–Crippen LogP) is 3.26. The number of nitrogens with zero attached hydrogens (tertiary/aromatic N) is 1. The average molecular weight is 209 g/mol. The van der Waals surface area contributed by atoms with Gasteiger partial charge in [0.15, 0.2) is 0 Å². The number of rotatable bonds is 5. The molecule has 1 N–H and O–H groups in total. The molecule has 2 nitrogen and oxygen atoms in total. The minimum absolute atomic E-state index is 0.285. The number of unbranched alkanes of at least 4 members (excludes halogenated alkanes) is 1. The van der Waals surface area contributed by atoms with Crippen molar-refractivity contribution in [1.82, 2.24) is 0 Å². The summed E-state index contributed by atoms with van der Waals surface area (Å²) in [6, 6.07) is 7.20. The molecular weight excluding hydrogens is 194 g/mol. The highest BCUT2D eigenvalue weighted by molar-refractivity contribution is 7.98. The normalized spacial score (nSPS) is 10.9. The minimum atomic E-state index is 0.285. The monoisotopic (exact) mass is 209 g/mol. The lowest BCUT2D eigenvalue weighted by Gasteiger charge is -1.96. The average Bonchev–Trinajstić information content (AvgIpc) is 2.20. The topological polar surface area (TPSA) is 32.6 Å². The largest absolute Gasteiger partial charge is 0.507 e. The minimum Gasteiger partial charge on any atom is -0.507 e. The first-order valence-electron chi connectivity index (χ1n) is 4.78. The maximum atomic E-state index is 9.41. The predicted molar refractivity (Wildman–Crippen MR) is 63.1 cm³/mol. The van der Waals surface area contributed by atoms with Gasteiger partial charge in [-0.3, -0.25) is 0 Å². The van der Waals surface area contributed by atoms with E-state index in [4.69, 9.17) is 0 Å². The Morgan fingerprint density at radius 3 is 2.93 bits per heavy atom. The number of hydrogen-bond donors (Lipinski definition) is 1. The molecule has 0 radical (unpaired) electrons. The standard InChI is InChI=1S/C11H15NOS/c1-2-3-8-14-12-9-10-6-4-5-7-11(10)13/h4-7,9,13H,2-3,8H2,1H3/b12-9+. The lowest BCUT2D eigenvalue weighted by molar-refractivity contribution is 0.474. The van der Waals surface area contributed by atoms with Gasteiger partial charge in [0, 0.05) is 17.5 Å². The van der Waals surface area contributed by atoms with Gasteiger partial charge in [0.25, 0.3) is 0 Å². The SMILES string of the molecule is CCCCS/N=C/c1ccccc1O. The maximum Gasteiger partial charge on any atom is 0.124 e. The Bertz CT molecular complexity index is 299. The lowest BCUT2D eigenvalue weighted by Crippen LogP contribution is -1.80. The first kappa shape index (κ1) is 11.1. The zero-order valence-electron chi connectivity index (χ0n) is 8.31. The van der Waals surface area contributed by atoms with Crippen molar-refractivity contribution in [2.45, 2.75) is 19.8 Å². The summed E-state index contributed by atoms with van der Waals surface area (Å²) < 4.78 is 4.17. The molecule has 0 unspecified atom stereocenters. The van der Waals surface area contributed by atoms with E-state index >= 15 is 0 Å². The van der Waals surface area contributed by atoms with Gasteiger partial charge < -0.3 is 5.11 Å². The number of aromatic hydroxyl groups is 1. The van der Waals surface area contributed by atoms with Crippen LogP contribution in [0.5, 0.6) is 5.75 Å². The molecule has 1 aromatic carbocycles. The number of phenols is 1. The van der Waals surface area contributed by atoms with Crippen LogP contribution in [0.25, 0.3) is 0 Å². The van der Waals surface area contributed by atoms with Crippen LogP contribution in [0.2, 0.25) is 0 Å². The van der Waals surface area contributed by atoms with Crippen LogP contribution in [0.1, 0.15) is 25.3 Å². The first-order valence-corrected chi connectivity index (χ1v) is 5.72. The van der Waals surface area contributed by atoms with Crippen LogP contribution in [0.4, 0.5) is 0 Å². The molecule has 0 aliphatic heterocycles. The third-order valence-corrected chi connectivity index (χ3v) is 2.52. The molecule has 1 rings (SSSR count). The molecule has 0 aliphatic carbocycles. The zero-order valence-corrected chi connectivity index (χ0v) is 9.13. The summed E-state index contributed by atoms with van der Waals surface area (Å²) in [5.74, 6) is 1.33. The molecule has 3 heteroatoms. The van der Waals surface area contributed by atoms with Crippen LogP contribution in [0.15, 0.2) is 28.7 Å². The summed E-state index contributed by atoms with van der Waals surface area (Å²) in [6.45, 7) is 2.16. The molecule has 0 fully saturated rings. The van der Waals surface area contributed by atoms with Crippen molar-refractivity contribution in [2.75, 3.05) is 5.75 Å². The Morgan fingerprint density at radius 2 is 2.21 bits per heavy atom. The second kappa shape index (κ2) is 6.49. The molecule has 0 amide bonds. The van der Waals surface area contributed by atoms with E-state index in [0.29, 0.717) is 0 Å². The molecule has 0 spiro atoms. The molecule has 0 atom stereocenters. The van der Waals surface area contributed by atoms with Crippen LogP contribution in [0.3, 0.4) is 0 Å². The van der Waals surface area contributed by atoms with Crippen molar-refractivity contribution in [1.29, 1.82) is 0 Å². The highest BCUT2D eigenvalue weighted by Gasteiger charge is 1.93. The Morgan fingerprint density at radius 1 is 1.43 bits per heavy atom. The van der Waals surface area contributed by atoms with Gasteiger partial charge >= 0.3 is 0 Å². The van der Waals surface area contributed by atoms with Crippen LogP contribution in [0, 0.1) is 0 Å². The Hall–Kier alpha value is -0.960. The van der Waals surface area contributed by atoms with E-state index in [2.05, 4.69) is 11.3 Å². The fourth-order valence-corrected chi connectivity index (χ4v) is 1.66. The van der Waals surface area contributed by atoms with E-state index in [-0.39, 0.29) is 5.75 Å². The Balaban J connectivity index is 2.40. The van der Waals surface area contributed by atoms with Gasteiger partial charge in [-0.2, -0.15) is 0 Å². The van der Waals surface area contributed by atoms with Crippen molar-refractivity contribution >= 4 is 18.2 Å². The van der Waals surface area contributed by atoms with Gasteiger partial charge in [-0.15, -0.1) is 0 Å². The molecule has 76 valence electrons. The van der Waals surface area contributed by atoms with Crippen LogP contribution >= 0.6 is 11.9 Å². The second-order valence-corrected chi connectivity index (χ2v) is 3.86. The van der Waals surface area contributed by atoms with E-state index in [1.807, 2.05) is 12.1 Å². The maximum absolute atomic E-state index is 9.41. The number of para-hydroxylation sites is 1. The highest BCUT2D eigenvalue weighted by Crippen LogP contribution is 2.14. The van der Waals surface area contributed by atoms with Gasteiger partial charge in [-0.25, -0.2) is 4.40 Å². The van der Waals surface area contributed by atoms with Gasteiger partial charge in [0.05, 0.1) is 0 Å². The van der Waals surface area contributed by atoms with Crippen molar-refractivity contribution in [3.05, 3.63) is 29.8 Å². The summed E-state index contributed by atoms with van der Waals surface area (Å²) >= 11 is 1.54. The lowest BCUT2D eigenvalue weighted by atomic mass is 10.2. The first-order chi connectivity index (χ1) is 6.84. The molecule has 1 aromatic rings. The summed E-state index contributed by atoms with van der Waals surface area (Å²) in [7, 11) is 0. The highest BCUT2D eigenvalue weighted by atomic mass is 32.2. The fourth-order valence-electron chi connectivity index (χ4n) is 0.952. The molecule has 0 aliphatic rings. The third-order valence-electron chi connectivity index (χ3n) is 1.79. The quantitative estimate of drug-likeness (QED) is 0.458. The van der Waals surface area contributed by atoms with Crippen molar-refractivity contribution < 1.29 is 5.11 Å². The smallest absolute Gasteiger partial charge is 0.124 e. The van der Waals surface area contributed by atoms with Gasteiger partial charge in [0.2, 0.25) is 0 Å². The molecule has 0 saturated carbocycles. The molecule has 0 bridgehead atoms. The van der Waals surface area contributed by atoms with Gasteiger partial charge in [-0.05, 0) is 30.5 Å². The Labute approximate surface area is 89.2 Å². The molecule has 0 saturated heterocycles. The van der Waals surface area contributed by atoms with Crippen LogP contribution in [-0.2, 0) is 0 Å². The Kier molecular flexibility index (Phi) is 5.15. The van der Waals surface area contributed by atoms with Crippen molar-refractivity contribution in [3.8, 4) is 5.75 Å². The van der Waals surface area contributed by atoms with E-state index in [0.717, 1.165) is 11.3 Å². The van der Waals surface area contributed by atoms with E-state index in [1.165, 1.54) is 24.8 Å². The van der Waals surface area contributed by atoms with Crippen LogP contribution in [-0.4, -0.2) is 17.1 Å². The molecule has 0 heterocycles. The molecule has 0 aromatic heterocycles. The van der Waals surface area contributed by atoms with Gasteiger partial charge in [-0.1, -0.05) is 25.5 Å². The molecule has 14 heavy (non-hydrogen) atoms. The van der Waals surface area contributed by atoms with E-state index in [1.54, 1.807) is 18.3 Å². The third kappa shape index (κ3) is 3.83. The second-order valence-electron chi connectivity index (χ2n) is 2.98. The van der Waals surface area contributed by atoms with E-state index in [9.17, 15) is 5.11 Å². The number of hydrogen-bond acceptors (Lipinski definition) is 3. The van der Waals surface area contributed by atoms with E-state index < -0.39 is 0 Å². The van der Waals surface area contributed by atoms with Crippen molar-refractivity contribution in [2.24, 2.45) is 4.40 Å². The zero-order chi connectivity index (χ0) is 10.2. The summed E-state index contributed by atoms with van der Waals surface area (Å²) in [6.07, 6.45) is 4.08. The van der Waals surface area contributed by atoms with Crippen molar-refractivity contribution in [3.63, 3.8) is 0 Å². The van der Waals surface area contributed by atoms with Crippen LogP contribution < -0.4 is 0 Å². The number of phenolic OH excluding ortho intramolecular Hbond substituents is 1. The number of benzene rings is 1. The fraction of sp³-hybridized carbons (Fsp3) is 0.364. The summed E-state index contributed by atoms with van der Waals surface area (Å²) in [5.41, 5.74) is 0.775. The molecular formula is C11H15NOS. The summed E-state index contributed by atoms with van der Waals surface area (Å²) in [4.78, 5) is 0. The summed E-state index contributed by atoms with van der Waals surface area (Å²) in [5, 5.41) is 9.41. The van der Waals surface area contributed by atoms with Gasteiger partial charge in [0.1, 0.15) is 5.75 Å².